The molecule has 2 nitrogen and oxygen atoms in total. The fourth-order valence-electron chi connectivity index (χ4n) is 2.11. The van der Waals surface area contributed by atoms with Gasteiger partial charge in [0.25, 0.3) is 0 Å². The summed E-state index contributed by atoms with van der Waals surface area (Å²) in [7, 11) is 0. The Morgan fingerprint density at radius 3 is 3.11 bits per heavy atom. The monoisotopic (exact) mass is 263 g/mol. The SMILES string of the molecule is C=CCSc1ccccc1NCC1CCCOC1. The molecule has 18 heavy (non-hydrogen) atoms. The Bertz CT molecular complexity index is 375. The maximum atomic E-state index is 5.51. The number of para-hydroxylation sites is 1. The van der Waals surface area contributed by atoms with E-state index in [1.54, 1.807) is 0 Å². The van der Waals surface area contributed by atoms with Gasteiger partial charge in [-0.25, -0.2) is 0 Å². The van der Waals surface area contributed by atoms with E-state index in [4.69, 9.17) is 4.74 Å². The summed E-state index contributed by atoms with van der Waals surface area (Å²) in [6, 6.07) is 8.47. The zero-order chi connectivity index (χ0) is 12.6. The topological polar surface area (TPSA) is 21.3 Å². The second kappa shape index (κ2) is 7.49. The molecule has 0 aliphatic carbocycles. The first-order chi connectivity index (χ1) is 8.90. The summed E-state index contributed by atoms with van der Waals surface area (Å²) in [5.74, 6) is 1.60. The zero-order valence-electron chi connectivity index (χ0n) is 10.7. The van der Waals surface area contributed by atoms with Crippen LogP contribution in [-0.2, 0) is 4.74 Å². The molecule has 1 unspecified atom stereocenters. The minimum atomic E-state index is 0.649. The van der Waals surface area contributed by atoms with Crippen molar-refractivity contribution in [3.63, 3.8) is 0 Å². The van der Waals surface area contributed by atoms with Gasteiger partial charge in [-0.3, -0.25) is 0 Å². The number of hydrogen-bond acceptors (Lipinski definition) is 3. The second-order valence-electron chi connectivity index (χ2n) is 4.56. The van der Waals surface area contributed by atoms with E-state index in [2.05, 4.69) is 36.2 Å². The van der Waals surface area contributed by atoms with Crippen LogP contribution in [0.1, 0.15) is 12.8 Å². The van der Waals surface area contributed by atoms with Gasteiger partial charge in [-0.15, -0.1) is 18.3 Å². The smallest absolute Gasteiger partial charge is 0.0511 e. The molecule has 1 N–H and O–H groups in total. The fourth-order valence-corrected chi connectivity index (χ4v) is 2.88. The molecule has 1 aliphatic heterocycles. The van der Waals surface area contributed by atoms with Gasteiger partial charge in [0.05, 0.1) is 6.61 Å². The molecule has 1 fully saturated rings. The summed E-state index contributed by atoms with van der Waals surface area (Å²) in [6.45, 7) is 6.60. The summed E-state index contributed by atoms with van der Waals surface area (Å²) in [6.07, 6.45) is 4.41. The van der Waals surface area contributed by atoms with E-state index < -0.39 is 0 Å². The lowest BCUT2D eigenvalue weighted by atomic mass is 10.0. The third kappa shape index (κ3) is 4.07. The second-order valence-corrected chi connectivity index (χ2v) is 5.62. The molecule has 1 atom stereocenters. The quantitative estimate of drug-likeness (QED) is 0.623. The molecule has 1 aliphatic rings. The van der Waals surface area contributed by atoms with Crippen molar-refractivity contribution in [2.75, 3.05) is 30.8 Å². The van der Waals surface area contributed by atoms with Crippen LogP contribution in [0.5, 0.6) is 0 Å². The Labute approximate surface area is 114 Å². The number of thioether (sulfide) groups is 1. The highest BCUT2D eigenvalue weighted by Crippen LogP contribution is 2.27. The van der Waals surface area contributed by atoms with E-state index in [0.717, 1.165) is 25.5 Å². The number of hydrogen-bond donors (Lipinski definition) is 1. The van der Waals surface area contributed by atoms with Crippen LogP contribution in [0.4, 0.5) is 5.69 Å². The van der Waals surface area contributed by atoms with Crippen molar-refractivity contribution in [3.05, 3.63) is 36.9 Å². The molecule has 0 radical (unpaired) electrons. The van der Waals surface area contributed by atoms with Crippen LogP contribution in [0.3, 0.4) is 0 Å². The molecule has 1 saturated heterocycles. The van der Waals surface area contributed by atoms with Gasteiger partial charge in [0.2, 0.25) is 0 Å². The Balaban J connectivity index is 1.88. The van der Waals surface area contributed by atoms with Gasteiger partial charge >= 0.3 is 0 Å². The first kappa shape index (κ1) is 13.5. The first-order valence-electron chi connectivity index (χ1n) is 6.54. The number of benzene rings is 1. The van der Waals surface area contributed by atoms with E-state index in [0.29, 0.717) is 5.92 Å². The third-order valence-corrected chi connectivity index (χ3v) is 4.15. The van der Waals surface area contributed by atoms with Gasteiger partial charge in [-0.05, 0) is 30.9 Å². The van der Waals surface area contributed by atoms with E-state index in [-0.39, 0.29) is 0 Å². The van der Waals surface area contributed by atoms with Crippen molar-refractivity contribution in [3.8, 4) is 0 Å². The Morgan fingerprint density at radius 1 is 1.44 bits per heavy atom. The number of nitrogens with one attached hydrogen (secondary N) is 1. The minimum Gasteiger partial charge on any atom is -0.384 e. The molecule has 2 rings (SSSR count). The highest BCUT2D eigenvalue weighted by atomic mass is 32.2. The predicted molar refractivity (Wildman–Crippen MR) is 79.4 cm³/mol. The van der Waals surface area contributed by atoms with Gasteiger partial charge in [-0.2, -0.15) is 0 Å². The van der Waals surface area contributed by atoms with Crippen LogP contribution < -0.4 is 5.32 Å². The normalized spacial score (nSPS) is 19.4. The highest BCUT2D eigenvalue weighted by molar-refractivity contribution is 7.99. The van der Waals surface area contributed by atoms with Crippen molar-refractivity contribution < 1.29 is 4.74 Å². The Kier molecular flexibility index (Phi) is 5.62. The predicted octanol–water partition coefficient (Wildman–Crippen LogP) is 3.80. The lowest BCUT2D eigenvalue weighted by molar-refractivity contribution is 0.0595. The summed E-state index contributed by atoms with van der Waals surface area (Å²) >= 11 is 1.82. The van der Waals surface area contributed by atoms with E-state index in [1.807, 2.05) is 17.8 Å². The van der Waals surface area contributed by atoms with E-state index >= 15 is 0 Å². The van der Waals surface area contributed by atoms with Crippen LogP contribution in [0.2, 0.25) is 0 Å². The molecule has 1 aromatic carbocycles. The van der Waals surface area contributed by atoms with Crippen molar-refractivity contribution >= 4 is 17.4 Å². The van der Waals surface area contributed by atoms with Gasteiger partial charge in [0.1, 0.15) is 0 Å². The Morgan fingerprint density at radius 2 is 2.33 bits per heavy atom. The van der Waals surface area contributed by atoms with Gasteiger partial charge in [0, 0.05) is 29.5 Å². The first-order valence-corrected chi connectivity index (χ1v) is 7.53. The molecule has 1 aromatic rings. The van der Waals surface area contributed by atoms with Gasteiger partial charge < -0.3 is 10.1 Å². The number of rotatable bonds is 6. The largest absolute Gasteiger partial charge is 0.384 e. The number of ether oxygens (including phenoxy) is 1. The zero-order valence-corrected chi connectivity index (χ0v) is 11.5. The Hall–Kier alpha value is -0.930. The van der Waals surface area contributed by atoms with Crippen LogP contribution in [0, 0.1) is 5.92 Å². The van der Waals surface area contributed by atoms with Crippen molar-refractivity contribution in [2.45, 2.75) is 17.7 Å². The molecule has 3 heteroatoms. The maximum Gasteiger partial charge on any atom is 0.0511 e. The standard InChI is InChI=1S/C15H21NOS/c1-2-10-18-15-8-4-3-7-14(15)16-11-13-6-5-9-17-12-13/h2-4,7-8,13,16H,1,5-6,9-12H2. The molecule has 98 valence electrons. The molecule has 0 saturated carbocycles. The van der Waals surface area contributed by atoms with E-state index in [9.17, 15) is 0 Å². The van der Waals surface area contributed by atoms with Crippen molar-refractivity contribution in [1.82, 2.24) is 0 Å². The van der Waals surface area contributed by atoms with Gasteiger partial charge in [-0.1, -0.05) is 18.2 Å². The third-order valence-electron chi connectivity index (χ3n) is 3.08. The van der Waals surface area contributed by atoms with Crippen LogP contribution >= 0.6 is 11.8 Å². The van der Waals surface area contributed by atoms with Crippen molar-refractivity contribution in [1.29, 1.82) is 0 Å². The molecular weight excluding hydrogens is 242 g/mol. The maximum absolute atomic E-state index is 5.51. The summed E-state index contributed by atoms with van der Waals surface area (Å²) in [5.41, 5.74) is 1.23. The van der Waals surface area contributed by atoms with Crippen LogP contribution in [0.25, 0.3) is 0 Å². The summed E-state index contributed by atoms with van der Waals surface area (Å²) < 4.78 is 5.51. The molecular formula is C15H21NOS. The average Bonchev–Trinajstić information content (AvgIpc) is 2.45. The molecule has 0 amide bonds. The van der Waals surface area contributed by atoms with E-state index in [1.165, 1.54) is 23.4 Å². The lowest BCUT2D eigenvalue weighted by Gasteiger charge is -2.23. The van der Waals surface area contributed by atoms with Crippen LogP contribution in [-0.4, -0.2) is 25.5 Å². The summed E-state index contributed by atoms with van der Waals surface area (Å²) in [5, 5.41) is 3.56. The van der Waals surface area contributed by atoms with Crippen LogP contribution in [0.15, 0.2) is 41.8 Å². The average molecular weight is 263 g/mol. The molecule has 0 spiro atoms. The highest BCUT2D eigenvalue weighted by Gasteiger charge is 2.13. The molecule has 1 heterocycles. The lowest BCUT2D eigenvalue weighted by Crippen LogP contribution is -2.24. The van der Waals surface area contributed by atoms with Gasteiger partial charge in [0.15, 0.2) is 0 Å². The fraction of sp³-hybridized carbons (Fsp3) is 0.467. The minimum absolute atomic E-state index is 0.649. The van der Waals surface area contributed by atoms with Crippen molar-refractivity contribution in [2.24, 2.45) is 5.92 Å². The number of anilines is 1. The molecule has 0 bridgehead atoms. The molecule has 0 aromatic heterocycles. The summed E-state index contributed by atoms with van der Waals surface area (Å²) in [4.78, 5) is 1.30.